The zero-order valence-corrected chi connectivity index (χ0v) is 21.1. The molecule has 0 aliphatic carbocycles. The Kier molecular flexibility index (Phi) is 8.17. The van der Waals surface area contributed by atoms with Crippen LogP contribution >= 0.6 is 12.4 Å². The number of nitrogens with one attached hydrogen (secondary N) is 1. The minimum Gasteiger partial charge on any atom is -0.459 e. The smallest absolute Gasteiger partial charge is 0.323 e. The van der Waals surface area contributed by atoms with Crippen molar-refractivity contribution in [1.29, 1.82) is 0 Å². The topological polar surface area (TPSA) is 87.4 Å². The number of benzene rings is 1. The molecule has 1 saturated heterocycles. The molecule has 1 aliphatic heterocycles. The van der Waals surface area contributed by atoms with E-state index in [9.17, 15) is 9.59 Å². The molecule has 0 saturated carbocycles. The van der Waals surface area contributed by atoms with Gasteiger partial charge in [-0.05, 0) is 36.6 Å². The second-order valence-electron chi connectivity index (χ2n) is 9.17. The lowest BCUT2D eigenvalue weighted by molar-refractivity contribution is -0.152. The molecule has 8 nitrogen and oxygen atoms in total. The summed E-state index contributed by atoms with van der Waals surface area (Å²) in [5, 5.41) is 3.36. The van der Waals surface area contributed by atoms with Crippen LogP contribution in [0.5, 0.6) is 0 Å². The predicted molar refractivity (Wildman–Crippen MR) is 134 cm³/mol. The highest BCUT2D eigenvalue weighted by molar-refractivity contribution is 5.85. The highest BCUT2D eigenvalue weighted by Gasteiger charge is 2.28. The number of aryl methyl sites for hydroxylation is 3. The number of nitrogens with zero attached hydrogens (tertiary/aromatic N) is 3. The fraction of sp³-hybridized carbons (Fsp3) is 0.480. The third kappa shape index (κ3) is 5.35. The normalized spacial score (nSPS) is 16.6. The number of halogens is 1. The Balaban J connectivity index is 0.00000324. The molecule has 184 valence electrons. The van der Waals surface area contributed by atoms with Gasteiger partial charge in [0.2, 0.25) is 0 Å². The third-order valence-electron chi connectivity index (χ3n) is 6.18. The van der Waals surface area contributed by atoms with Gasteiger partial charge in [0.25, 0.3) is 5.56 Å². The van der Waals surface area contributed by atoms with Crippen LogP contribution in [-0.4, -0.2) is 45.4 Å². The third-order valence-corrected chi connectivity index (χ3v) is 6.18. The molecule has 1 N–H and O–H groups in total. The SMILES string of the molecule is Cc1cc(-c2nc3cc(CNC(C(=O)OC4CCOC4)C(C)C)ccc3n2C)cn(C)c1=O.Cl. The number of esters is 1. The molecule has 0 spiro atoms. The number of hydrogen-bond donors (Lipinski definition) is 1. The minimum atomic E-state index is -0.394. The minimum absolute atomic E-state index is 0. The van der Waals surface area contributed by atoms with E-state index in [1.807, 2.05) is 62.8 Å². The van der Waals surface area contributed by atoms with Crippen molar-refractivity contribution in [2.75, 3.05) is 13.2 Å². The van der Waals surface area contributed by atoms with Crippen LogP contribution < -0.4 is 10.9 Å². The number of ether oxygens (including phenoxy) is 2. The Morgan fingerprint density at radius 3 is 2.71 bits per heavy atom. The van der Waals surface area contributed by atoms with Crippen molar-refractivity contribution < 1.29 is 14.3 Å². The Labute approximate surface area is 205 Å². The average Bonchev–Trinajstić information content (AvgIpc) is 3.39. The molecule has 3 aromatic rings. The fourth-order valence-electron chi connectivity index (χ4n) is 4.28. The van der Waals surface area contributed by atoms with Gasteiger partial charge in [0.1, 0.15) is 18.0 Å². The highest BCUT2D eigenvalue weighted by atomic mass is 35.5. The van der Waals surface area contributed by atoms with Gasteiger partial charge in [-0.2, -0.15) is 0 Å². The summed E-state index contributed by atoms with van der Waals surface area (Å²) < 4.78 is 14.5. The van der Waals surface area contributed by atoms with Crippen LogP contribution in [0.1, 0.15) is 31.4 Å². The molecule has 9 heteroatoms. The second kappa shape index (κ2) is 10.7. The van der Waals surface area contributed by atoms with Gasteiger partial charge in [0.15, 0.2) is 0 Å². The van der Waals surface area contributed by atoms with Crippen LogP contribution in [0.3, 0.4) is 0 Å². The van der Waals surface area contributed by atoms with Crippen molar-refractivity contribution in [3.05, 3.63) is 51.9 Å². The van der Waals surface area contributed by atoms with E-state index in [0.29, 0.717) is 25.3 Å². The van der Waals surface area contributed by atoms with Crippen LogP contribution in [0, 0.1) is 12.8 Å². The lowest BCUT2D eigenvalue weighted by Crippen LogP contribution is -2.43. The first-order valence-electron chi connectivity index (χ1n) is 11.4. The number of rotatable bonds is 7. The number of carbonyl (C=O) groups is 1. The van der Waals surface area contributed by atoms with E-state index in [2.05, 4.69) is 5.32 Å². The zero-order chi connectivity index (χ0) is 23.7. The van der Waals surface area contributed by atoms with E-state index in [1.54, 1.807) is 11.6 Å². The van der Waals surface area contributed by atoms with Gasteiger partial charge in [-0.15, -0.1) is 12.4 Å². The van der Waals surface area contributed by atoms with E-state index in [4.69, 9.17) is 14.5 Å². The van der Waals surface area contributed by atoms with Gasteiger partial charge < -0.3 is 23.9 Å². The van der Waals surface area contributed by atoms with Gasteiger partial charge in [0.05, 0.1) is 24.2 Å². The summed E-state index contributed by atoms with van der Waals surface area (Å²) >= 11 is 0. The van der Waals surface area contributed by atoms with Crippen LogP contribution in [0.15, 0.2) is 35.3 Å². The maximum Gasteiger partial charge on any atom is 0.323 e. The molecular formula is C25H33ClN4O4. The number of hydrogen-bond acceptors (Lipinski definition) is 6. The number of imidazole rings is 1. The van der Waals surface area contributed by atoms with Crippen LogP contribution in [0.25, 0.3) is 22.4 Å². The maximum atomic E-state index is 12.7. The van der Waals surface area contributed by atoms with Crippen LogP contribution in [0.2, 0.25) is 0 Å². The summed E-state index contributed by atoms with van der Waals surface area (Å²) in [5.41, 5.74) is 4.47. The Hall–Kier alpha value is -2.68. The summed E-state index contributed by atoms with van der Waals surface area (Å²) in [6, 6.07) is 7.60. The first-order valence-corrected chi connectivity index (χ1v) is 11.4. The second-order valence-corrected chi connectivity index (χ2v) is 9.17. The van der Waals surface area contributed by atoms with Crippen molar-refractivity contribution in [3.63, 3.8) is 0 Å². The van der Waals surface area contributed by atoms with Crippen LogP contribution in [0.4, 0.5) is 0 Å². The number of pyridine rings is 1. The van der Waals surface area contributed by atoms with Gasteiger partial charge in [-0.25, -0.2) is 4.98 Å². The molecule has 0 amide bonds. The molecule has 3 heterocycles. The number of carbonyl (C=O) groups excluding carboxylic acids is 1. The fourth-order valence-corrected chi connectivity index (χ4v) is 4.28. The molecule has 0 bridgehead atoms. The van der Waals surface area contributed by atoms with Gasteiger partial charge in [0, 0.05) is 44.4 Å². The molecule has 4 rings (SSSR count). The summed E-state index contributed by atoms with van der Waals surface area (Å²) in [7, 11) is 3.72. The lowest BCUT2D eigenvalue weighted by Gasteiger charge is -2.22. The number of aromatic nitrogens is 3. The standard InChI is InChI=1S/C25H32N4O4.ClH/c1-15(2)22(25(31)33-19-8-9-32-14-19)26-12-17-6-7-21-20(11-17)27-23(29(21)5)18-10-16(3)24(30)28(4)13-18;/h6-7,10-11,13,15,19,22,26H,8-9,12,14H2,1-5H3;1H. The Morgan fingerprint density at radius 2 is 2.06 bits per heavy atom. The van der Waals surface area contributed by atoms with Crippen molar-refractivity contribution in [2.45, 2.75) is 45.9 Å². The molecule has 1 aliphatic rings. The summed E-state index contributed by atoms with van der Waals surface area (Å²) in [6.07, 6.45) is 2.42. The Morgan fingerprint density at radius 1 is 1.29 bits per heavy atom. The van der Waals surface area contributed by atoms with Crippen molar-refractivity contribution in [3.8, 4) is 11.4 Å². The summed E-state index contributed by atoms with van der Waals surface area (Å²) in [6.45, 7) is 7.47. The monoisotopic (exact) mass is 488 g/mol. The highest BCUT2D eigenvalue weighted by Crippen LogP contribution is 2.24. The maximum absolute atomic E-state index is 12.7. The molecule has 1 aromatic carbocycles. The first kappa shape index (κ1) is 25.9. The predicted octanol–water partition coefficient (Wildman–Crippen LogP) is 3.12. The number of fused-ring (bicyclic) bond motifs is 1. The van der Waals surface area contributed by atoms with Gasteiger partial charge in [-0.1, -0.05) is 19.9 Å². The molecule has 34 heavy (non-hydrogen) atoms. The van der Waals surface area contributed by atoms with Crippen molar-refractivity contribution in [1.82, 2.24) is 19.4 Å². The first-order chi connectivity index (χ1) is 15.7. The zero-order valence-electron chi connectivity index (χ0n) is 20.3. The van der Waals surface area contributed by atoms with E-state index in [0.717, 1.165) is 34.4 Å². The van der Waals surface area contributed by atoms with Crippen molar-refractivity contribution >= 4 is 29.4 Å². The quantitative estimate of drug-likeness (QED) is 0.514. The van der Waals surface area contributed by atoms with Crippen molar-refractivity contribution in [2.24, 2.45) is 20.0 Å². The van der Waals surface area contributed by atoms with E-state index in [-0.39, 0.29) is 36.0 Å². The average molecular weight is 489 g/mol. The Bertz CT molecular complexity index is 1200. The molecule has 2 aromatic heterocycles. The molecule has 1 fully saturated rings. The summed E-state index contributed by atoms with van der Waals surface area (Å²) in [5.74, 6) is 0.668. The van der Waals surface area contributed by atoms with Gasteiger partial charge in [-0.3, -0.25) is 9.59 Å². The van der Waals surface area contributed by atoms with E-state index < -0.39 is 6.04 Å². The van der Waals surface area contributed by atoms with Crippen LogP contribution in [-0.2, 0) is 34.9 Å². The van der Waals surface area contributed by atoms with E-state index >= 15 is 0 Å². The lowest BCUT2D eigenvalue weighted by atomic mass is 10.0. The molecular weight excluding hydrogens is 456 g/mol. The molecule has 2 unspecified atom stereocenters. The molecule has 2 atom stereocenters. The molecule has 0 radical (unpaired) electrons. The van der Waals surface area contributed by atoms with E-state index in [1.165, 1.54) is 0 Å². The summed E-state index contributed by atoms with van der Waals surface area (Å²) in [4.78, 5) is 29.6. The largest absolute Gasteiger partial charge is 0.459 e. The van der Waals surface area contributed by atoms with Gasteiger partial charge >= 0.3 is 5.97 Å².